The van der Waals surface area contributed by atoms with Crippen LogP contribution in [-0.4, -0.2) is 38.7 Å². The maximum absolute atomic E-state index is 14.5. The molecule has 11 heteroatoms. The Bertz CT molecular complexity index is 1020. The molecule has 3 rings (SSSR count). The predicted octanol–water partition coefficient (Wildman–Crippen LogP) is 2.18. The first-order valence-electron chi connectivity index (χ1n) is 8.12. The minimum Gasteiger partial charge on any atom is -0.505 e. The second-order valence-corrected chi connectivity index (χ2v) is 6.85. The number of carbonyl (C=O) groups is 1. The molecule has 3 aromatic rings. The Balaban J connectivity index is 0.00000280. The molecular weight excluding hydrogens is 405 g/mol. The average Bonchev–Trinajstić information content (AvgIpc) is 2.98. The second kappa shape index (κ2) is 8.59. The van der Waals surface area contributed by atoms with E-state index in [1.165, 1.54) is 18.2 Å². The molecule has 2 aromatic heterocycles. The molecule has 1 amide bonds. The fraction of sp³-hybridized carbons (Fsp3) is 0.235. The number of nitrogens with one attached hydrogen (secondary N) is 1. The van der Waals surface area contributed by atoms with Gasteiger partial charge in [-0.15, -0.1) is 11.3 Å². The van der Waals surface area contributed by atoms with Gasteiger partial charge >= 0.3 is 0 Å². The van der Waals surface area contributed by atoms with Crippen molar-refractivity contribution < 1.29 is 19.4 Å². The molecule has 0 bridgehead atoms. The van der Waals surface area contributed by atoms with Crippen molar-refractivity contribution in [3.05, 3.63) is 28.9 Å². The lowest BCUT2D eigenvalue weighted by Crippen LogP contribution is -2.24. The highest BCUT2D eigenvalue weighted by Gasteiger charge is 2.23. The predicted molar refractivity (Wildman–Crippen MR) is 113 cm³/mol. The molecular formula is C17H20FN5O3S2. The summed E-state index contributed by atoms with van der Waals surface area (Å²) in [6, 6.07) is 3.80. The molecule has 0 unspecified atom stereocenters. The Morgan fingerprint density at radius 3 is 2.71 bits per heavy atom. The maximum Gasteiger partial charge on any atom is 0.260 e. The van der Waals surface area contributed by atoms with Gasteiger partial charge in [0.2, 0.25) is 5.95 Å². The molecule has 0 radical (unpaired) electrons. The third-order valence-corrected chi connectivity index (χ3v) is 5.21. The number of aliphatic hydroxyl groups excluding tert-OH is 1. The van der Waals surface area contributed by atoms with Crippen LogP contribution >= 0.6 is 24.8 Å². The summed E-state index contributed by atoms with van der Waals surface area (Å²) in [5, 5.41) is 22.4. The smallest absolute Gasteiger partial charge is 0.260 e. The molecule has 0 spiro atoms. The largest absolute Gasteiger partial charge is 0.505 e. The van der Waals surface area contributed by atoms with Crippen LogP contribution in [-0.2, 0) is 0 Å². The Hall–Kier alpha value is -2.63. The van der Waals surface area contributed by atoms with Crippen LogP contribution < -0.4 is 16.8 Å². The van der Waals surface area contributed by atoms with Gasteiger partial charge < -0.3 is 27.0 Å². The van der Waals surface area contributed by atoms with Crippen molar-refractivity contribution in [2.45, 2.75) is 19.4 Å². The summed E-state index contributed by atoms with van der Waals surface area (Å²) in [5.41, 5.74) is 11.6. The topological polar surface area (TPSA) is 147 Å². The highest BCUT2D eigenvalue weighted by atomic mass is 32.1. The number of aromatic nitrogens is 2. The summed E-state index contributed by atoms with van der Waals surface area (Å²) in [6.45, 7) is 1.73. The molecule has 8 nitrogen and oxygen atoms in total. The van der Waals surface area contributed by atoms with E-state index in [-0.39, 0.29) is 59.3 Å². The normalized spacial score (nSPS) is 11.8. The number of benzene rings is 1. The van der Waals surface area contributed by atoms with Gasteiger partial charge in [0.1, 0.15) is 9.71 Å². The van der Waals surface area contributed by atoms with Gasteiger partial charge in [0.05, 0.1) is 29.4 Å². The zero-order valence-corrected chi connectivity index (χ0v) is 16.7. The number of nitrogens with zero attached hydrogens (tertiary/aromatic N) is 2. The molecule has 150 valence electrons. The first kappa shape index (κ1) is 21.7. The monoisotopic (exact) mass is 425 g/mol. The molecule has 0 saturated heterocycles. The molecule has 28 heavy (non-hydrogen) atoms. The van der Waals surface area contributed by atoms with E-state index in [1.807, 2.05) is 6.92 Å². The zero-order valence-electron chi connectivity index (χ0n) is 14.9. The fourth-order valence-corrected chi connectivity index (χ4v) is 3.57. The lowest BCUT2D eigenvalue weighted by molar-refractivity contribution is 0.100. The van der Waals surface area contributed by atoms with Gasteiger partial charge in [0, 0.05) is 5.56 Å². The lowest BCUT2D eigenvalue weighted by atomic mass is 10.1. The number of aromatic hydroxyl groups is 1. The van der Waals surface area contributed by atoms with E-state index in [4.69, 9.17) is 11.5 Å². The van der Waals surface area contributed by atoms with Crippen molar-refractivity contribution in [1.82, 2.24) is 9.97 Å². The number of primary amides is 1. The van der Waals surface area contributed by atoms with Crippen LogP contribution in [0.4, 0.5) is 16.0 Å². The van der Waals surface area contributed by atoms with E-state index >= 15 is 0 Å². The van der Waals surface area contributed by atoms with Crippen molar-refractivity contribution in [3.63, 3.8) is 0 Å². The number of amides is 1. The first-order valence-corrected chi connectivity index (χ1v) is 8.94. The van der Waals surface area contributed by atoms with Crippen LogP contribution in [0, 0.1) is 5.82 Å². The summed E-state index contributed by atoms with van der Waals surface area (Å²) >= 11 is 0.969. The van der Waals surface area contributed by atoms with Crippen molar-refractivity contribution in [1.29, 1.82) is 0 Å². The van der Waals surface area contributed by atoms with Gasteiger partial charge in [0.15, 0.2) is 11.6 Å². The maximum atomic E-state index is 14.5. The van der Waals surface area contributed by atoms with Crippen LogP contribution in [0.1, 0.15) is 23.0 Å². The Morgan fingerprint density at radius 1 is 1.39 bits per heavy atom. The van der Waals surface area contributed by atoms with Crippen molar-refractivity contribution in [3.8, 4) is 17.0 Å². The summed E-state index contributed by atoms with van der Waals surface area (Å²) in [4.78, 5) is 20.7. The van der Waals surface area contributed by atoms with E-state index in [1.54, 1.807) is 0 Å². The van der Waals surface area contributed by atoms with Gasteiger partial charge in [0.25, 0.3) is 5.91 Å². The highest BCUT2D eigenvalue weighted by molar-refractivity contribution is 7.59. The molecule has 0 aliphatic rings. The SMILES string of the molecule is CC[C@H](CO)Nc1nc(-c2cccc(O)c2F)c2c(N)c(C(N)=O)sc2n1.S. The van der Waals surface area contributed by atoms with Crippen molar-refractivity contribution in [2.24, 2.45) is 5.73 Å². The molecule has 7 N–H and O–H groups in total. The van der Waals surface area contributed by atoms with E-state index in [0.717, 1.165) is 11.3 Å². The Kier molecular flexibility index (Phi) is 6.65. The number of rotatable bonds is 6. The number of nitrogens with two attached hydrogens (primary N) is 2. The van der Waals surface area contributed by atoms with Crippen molar-refractivity contribution in [2.75, 3.05) is 17.7 Å². The van der Waals surface area contributed by atoms with E-state index in [9.17, 15) is 19.4 Å². The zero-order chi connectivity index (χ0) is 19.7. The number of halogens is 1. The summed E-state index contributed by atoms with van der Waals surface area (Å²) < 4.78 is 14.5. The minimum absolute atomic E-state index is 0. The number of phenols is 1. The second-order valence-electron chi connectivity index (χ2n) is 5.86. The third kappa shape index (κ3) is 3.81. The number of carbonyl (C=O) groups excluding carboxylic acids is 1. The number of thiophene rings is 1. The van der Waals surface area contributed by atoms with E-state index in [0.29, 0.717) is 11.3 Å². The van der Waals surface area contributed by atoms with Gasteiger partial charge in [-0.1, -0.05) is 13.0 Å². The number of anilines is 2. The number of hydrogen-bond acceptors (Lipinski definition) is 8. The molecule has 1 atom stereocenters. The minimum atomic E-state index is -0.871. The van der Waals surface area contributed by atoms with E-state index < -0.39 is 17.5 Å². The summed E-state index contributed by atoms with van der Waals surface area (Å²) in [6.07, 6.45) is 0.604. The van der Waals surface area contributed by atoms with Gasteiger partial charge in [-0.25, -0.2) is 14.4 Å². The third-order valence-electron chi connectivity index (χ3n) is 4.09. The number of fused-ring (bicyclic) bond motifs is 1. The van der Waals surface area contributed by atoms with Gasteiger partial charge in [-0.05, 0) is 18.6 Å². The van der Waals surface area contributed by atoms with Crippen LogP contribution in [0.15, 0.2) is 18.2 Å². The van der Waals surface area contributed by atoms with Gasteiger partial charge in [-0.3, -0.25) is 4.79 Å². The van der Waals surface area contributed by atoms with Crippen molar-refractivity contribution >= 4 is 52.6 Å². The lowest BCUT2D eigenvalue weighted by Gasteiger charge is -2.15. The molecule has 0 aliphatic heterocycles. The fourth-order valence-electron chi connectivity index (χ4n) is 2.63. The summed E-state index contributed by atoms with van der Waals surface area (Å²) in [5.74, 6) is -2.00. The molecule has 0 saturated carbocycles. The van der Waals surface area contributed by atoms with Crippen LogP contribution in [0.2, 0.25) is 0 Å². The number of aliphatic hydroxyl groups is 1. The standard InChI is InChI=1S/C17H18FN5O3S.H2S/c1-2-7(6-24)21-17-22-13(8-4-3-5-9(25)11(8)18)10-12(19)14(15(20)26)27-16(10)23-17;/h3-5,7,24-25H,2,6,19H2,1H3,(H2,20,26)(H,21,22,23);1H2/t7-;/m1./s1. The average molecular weight is 426 g/mol. The quantitative estimate of drug-likeness (QED) is 0.406. The summed E-state index contributed by atoms with van der Waals surface area (Å²) in [7, 11) is 0. The molecule has 2 heterocycles. The molecule has 1 aromatic carbocycles. The number of phenolic OH excluding ortho intramolecular Hbond substituents is 1. The van der Waals surface area contributed by atoms with Gasteiger partial charge in [-0.2, -0.15) is 13.5 Å². The van der Waals surface area contributed by atoms with Crippen LogP contribution in [0.5, 0.6) is 5.75 Å². The first-order chi connectivity index (χ1) is 12.9. The highest BCUT2D eigenvalue weighted by Crippen LogP contribution is 2.40. The molecule has 0 fully saturated rings. The number of nitrogen functional groups attached to an aromatic ring is 1. The Labute approximate surface area is 170 Å². The number of hydrogen-bond donors (Lipinski definition) is 5. The molecule has 0 aliphatic carbocycles. The van der Waals surface area contributed by atoms with Crippen LogP contribution in [0.25, 0.3) is 21.5 Å². The van der Waals surface area contributed by atoms with E-state index in [2.05, 4.69) is 15.3 Å². The Morgan fingerprint density at radius 2 is 2.11 bits per heavy atom. The van der Waals surface area contributed by atoms with Crippen LogP contribution in [0.3, 0.4) is 0 Å².